The Labute approximate surface area is 132 Å². The first-order valence-electron chi connectivity index (χ1n) is 7.73. The molecule has 0 spiro atoms. The second-order valence-corrected chi connectivity index (χ2v) is 5.88. The fourth-order valence-corrected chi connectivity index (χ4v) is 1.83. The SMILES string of the molecule is CC(C)C(C)CC(=O)Nc1ccc(C(=O)NCCCO)cc1. The molecule has 122 valence electrons. The lowest BCUT2D eigenvalue weighted by Crippen LogP contribution is -2.25. The molecule has 0 fully saturated rings. The normalized spacial score (nSPS) is 12.0. The van der Waals surface area contributed by atoms with Crippen molar-refractivity contribution in [2.45, 2.75) is 33.6 Å². The van der Waals surface area contributed by atoms with E-state index in [1.807, 2.05) is 0 Å². The molecule has 1 unspecified atom stereocenters. The maximum absolute atomic E-state index is 11.9. The van der Waals surface area contributed by atoms with E-state index < -0.39 is 0 Å². The molecule has 0 saturated heterocycles. The van der Waals surface area contributed by atoms with Gasteiger partial charge in [-0.15, -0.1) is 0 Å². The van der Waals surface area contributed by atoms with Gasteiger partial charge in [0, 0.05) is 30.8 Å². The summed E-state index contributed by atoms with van der Waals surface area (Å²) in [6, 6.07) is 6.79. The third-order valence-electron chi connectivity index (χ3n) is 3.70. The largest absolute Gasteiger partial charge is 0.396 e. The summed E-state index contributed by atoms with van der Waals surface area (Å²) in [6.07, 6.45) is 1.02. The summed E-state index contributed by atoms with van der Waals surface area (Å²) in [5.41, 5.74) is 1.22. The van der Waals surface area contributed by atoms with Crippen molar-refractivity contribution >= 4 is 17.5 Å². The van der Waals surface area contributed by atoms with Crippen molar-refractivity contribution in [3.05, 3.63) is 29.8 Å². The quantitative estimate of drug-likeness (QED) is 0.645. The summed E-state index contributed by atoms with van der Waals surface area (Å²) in [5.74, 6) is 0.605. The lowest BCUT2D eigenvalue weighted by Gasteiger charge is -2.15. The van der Waals surface area contributed by atoms with Crippen LogP contribution in [0.15, 0.2) is 24.3 Å². The number of rotatable bonds is 8. The average Bonchev–Trinajstić information content (AvgIpc) is 2.47. The van der Waals surface area contributed by atoms with Crippen LogP contribution in [0.2, 0.25) is 0 Å². The van der Waals surface area contributed by atoms with Gasteiger partial charge in [-0.3, -0.25) is 9.59 Å². The van der Waals surface area contributed by atoms with Crippen LogP contribution < -0.4 is 10.6 Å². The maximum atomic E-state index is 11.9. The topological polar surface area (TPSA) is 78.4 Å². The van der Waals surface area contributed by atoms with E-state index in [0.717, 1.165) is 0 Å². The summed E-state index contributed by atoms with van der Waals surface area (Å²) in [4.78, 5) is 23.7. The number of anilines is 1. The smallest absolute Gasteiger partial charge is 0.251 e. The Morgan fingerprint density at radius 2 is 1.77 bits per heavy atom. The fourth-order valence-electron chi connectivity index (χ4n) is 1.83. The highest BCUT2D eigenvalue weighted by atomic mass is 16.3. The molecule has 1 atom stereocenters. The lowest BCUT2D eigenvalue weighted by atomic mass is 9.94. The molecular formula is C17H26N2O3. The van der Waals surface area contributed by atoms with Crippen molar-refractivity contribution in [2.75, 3.05) is 18.5 Å². The molecule has 3 N–H and O–H groups in total. The van der Waals surface area contributed by atoms with Crippen LogP contribution >= 0.6 is 0 Å². The summed E-state index contributed by atoms with van der Waals surface area (Å²) < 4.78 is 0. The molecule has 0 aliphatic rings. The molecule has 0 bridgehead atoms. The Hall–Kier alpha value is -1.88. The Morgan fingerprint density at radius 3 is 2.32 bits per heavy atom. The van der Waals surface area contributed by atoms with E-state index in [1.165, 1.54) is 0 Å². The van der Waals surface area contributed by atoms with Gasteiger partial charge in [-0.1, -0.05) is 20.8 Å². The van der Waals surface area contributed by atoms with Gasteiger partial charge in [0.2, 0.25) is 5.91 Å². The number of carbonyl (C=O) groups excluding carboxylic acids is 2. The fraction of sp³-hybridized carbons (Fsp3) is 0.529. The van der Waals surface area contributed by atoms with Gasteiger partial charge >= 0.3 is 0 Å². The minimum atomic E-state index is -0.181. The van der Waals surface area contributed by atoms with Gasteiger partial charge in [-0.05, 0) is 42.5 Å². The Balaban J connectivity index is 2.51. The molecule has 0 radical (unpaired) electrons. The van der Waals surface area contributed by atoms with Gasteiger partial charge < -0.3 is 15.7 Å². The van der Waals surface area contributed by atoms with Crippen LogP contribution in [0.25, 0.3) is 0 Å². The van der Waals surface area contributed by atoms with Crippen LogP contribution in [-0.4, -0.2) is 30.1 Å². The van der Waals surface area contributed by atoms with E-state index >= 15 is 0 Å². The maximum Gasteiger partial charge on any atom is 0.251 e. The predicted molar refractivity (Wildman–Crippen MR) is 87.7 cm³/mol. The molecule has 0 aliphatic carbocycles. The van der Waals surface area contributed by atoms with Crippen LogP contribution in [-0.2, 0) is 4.79 Å². The summed E-state index contributed by atoms with van der Waals surface area (Å²) >= 11 is 0. The highest BCUT2D eigenvalue weighted by molar-refractivity contribution is 5.95. The number of hydrogen-bond acceptors (Lipinski definition) is 3. The van der Waals surface area contributed by atoms with E-state index in [-0.39, 0.29) is 18.4 Å². The summed E-state index contributed by atoms with van der Waals surface area (Å²) in [5, 5.41) is 14.2. The van der Waals surface area contributed by atoms with Crippen molar-refractivity contribution < 1.29 is 14.7 Å². The van der Waals surface area contributed by atoms with E-state index in [9.17, 15) is 9.59 Å². The van der Waals surface area contributed by atoms with Crippen molar-refractivity contribution in [3.8, 4) is 0 Å². The standard InChI is InChI=1S/C17H26N2O3/c1-12(2)13(3)11-16(21)19-15-7-5-14(6-8-15)17(22)18-9-4-10-20/h5-8,12-13,20H,4,9-11H2,1-3H3,(H,18,22)(H,19,21). The minimum absolute atomic E-state index is 0.0126. The second-order valence-electron chi connectivity index (χ2n) is 5.88. The minimum Gasteiger partial charge on any atom is -0.396 e. The van der Waals surface area contributed by atoms with Crippen LogP contribution in [0.5, 0.6) is 0 Å². The van der Waals surface area contributed by atoms with E-state index in [1.54, 1.807) is 24.3 Å². The third kappa shape index (κ3) is 6.26. The Morgan fingerprint density at radius 1 is 1.14 bits per heavy atom. The second kappa shape index (κ2) is 9.20. The molecule has 1 rings (SSSR count). The average molecular weight is 306 g/mol. The highest BCUT2D eigenvalue weighted by Crippen LogP contribution is 2.16. The van der Waals surface area contributed by atoms with Crippen LogP contribution in [0.4, 0.5) is 5.69 Å². The van der Waals surface area contributed by atoms with Crippen molar-refractivity contribution in [1.82, 2.24) is 5.32 Å². The van der Waals surface area contributed by atoms with Gasteiger partial charge in [-0.25, -0.2) is 0 Å². The first kappa shape index (κ1) is 18.2. The van der Waals surface area contributed by atoms with Gasteiger partial charge in [0.25, 0.3) is 5.91 Å². The Kier molecular flexibility index (Phi) is 7.60. The zero-order valence-electron chi connectivity index (χ0n) is 13.6. The number of carbonyl (C=O) groups is 2. The van der Waals surface area contributed by atoms with Gasteiger partial charge in [0.05, 0.1) is 0 Å². The number of nitrogens with one attached hydrogen (secondary N) is 2. The number of benzene rings is 1. The van der Waals surface area contributed by atoms with Crippen LogP contribution in [0.1, 0.15) is 44.0 Å². The van der Waals surface area contributed by atoms with Gasteiger partial charge in [0.1, 0.15) is 0 Å². The molecule has 1 aromatic carbocycles. The number of hydrogen-bond donors (Lipinski definition) is 3. The molecule has 0 saturated carbocycles. The number of aliphatic hydroxyl groups is 1. The third-order valence-corrected chi connectivity index (χ3v) is 3.70. The summed E-state index contributed by atoms with van der Waals surface area (Å²) in [7, 11) is 0. The molecule has 0 heterocycles. The van der Waals surface area contributed by atoms with E-state index in [4.69, 9.17) is 5.11 Å². The zero-order chi connectivity index (χ0) is 16.5. The summed E-state index contributed by atoms with van der Waals surface area (Å²) in [6.45, 7) is 6.76. The van der Waals surface area contributed by atoms with E-state index in [2.05, 4.69) is 31.4 Å². The molecule has 5 nitrogen and oxygen atoms in total. The Bertz CT molecular complexity index is 483. The molecular weight excluding hydrogens is 280 g/mol. The first-order valence-corrected chi connectivity index (χ1v) is 7.73. The molecule has 5 heteroatoms. The van der Waals surface area contributed by atoms with Crippen molar-refractivity contribution in [1.29, 1.82) is 0 Å². The van der Waals surface area contributed by atoms with Crippen molar-refractivity contribution in [3.63, 3.8) is 0 Å². The molecule has 0 aliphatic heterocycles. The lowest BCUT2D eigenvalue weighted by molar-refractivity contribution is -0.117. The zero-order valence-corrected chi connectivity index (χ0v) is 13.6. The predicted octanol–water partition coefficient (Wildman–Crippen LogP) is 2.42. The van der Waals surface area contributed by atoms with Crippen molar-refractivity contribution in [2.24, 2.45) is 11.8 Å². The van der Waals surface area contributed by atoms with Crippen LogP contribution in [0.3, 0.4) is 0 Å². The first-order chi connectivity index (χ1) is 10.4. The van der Waals surface area contributed by atoms with Crippen LogP contribution in [0, 0.1) is 11.8 Å². The molecule has 2 amide bonds. The number of aliphatic hydroxyl groups excluding tert-OH is 1. The van der Waals surface area contributed by atoms with E-state index in [0.29, 0.717) is 42.5 Å². The van der Waals surface area contributed by atoms with Gasteiger partial charge in [0.15, 0.2) is 0 Å². The molecule has 0 aromatic heterocycles. The van der Waals surface area contributed by atoms with Gasteiger partial charge in [-0.2, -0.15) is 0 Å². The molecule has 1 aromatic rings. The monoisotopic (exact) mass is 306 g/mol. The number of amides is 2. The highest BCUT2D eigenvalue weighted by Gasteiger charge is 2.13. The molecule has 22 heavy (non-hydrogen) atoms.